The predicted molar refractivity (Wildman–Crippen MR) is 84.2 cm³/mol. The van der Waals surface area contributed by atoms with Crippen molar-refractivity contribution in [2.24, 2.45) is 5.41 Å². The van der Waals surface area contributed by atoms with Gasteiger partial charge in [-0.05, 0) is 38.1 Å². The first kappa shape index (κ1) is 17.9. The highest BCUT2D eigenvalue weighted by molar-refractivity contribution is 4.88. The van der Waals surface area contributed by atoms with Crippen molar-refractivity contribution in [3.05, 3.63) is 0 Å². The molecule has 0 bridgehead atoms. The van der Waals surface area contributed by atoms with E-state index >= 15 is 0 Å². The molecule has 0 aromatic rings. The summed E-state index contributed by atoms with van der Waals surface area (Å²) in [6.45, 7) is 13.7. The van der Waals surface area contributed by atoms with E-state index in [1.807, 2.05) is 0 Å². The van der Waals surface area contributed by atoms with Crippen LogP contribution in [0.25, 0.3) is 0 Å². The molecule has 1 unspecified atom stereocenters. The number of ether oxygens (including phenoxy) is 2. The van der Waals surface area contributed by atoms with Crippen LogP contribution in [0, 0.1) is 5.41 Å². The fourth-order valence-electron chi connectivity index (χ4n) is 2.94. The topological polar surface area (TPSA) is 33.7 Å². The van der Waals surface area contributed by atoms with E-state index in [0.717, 1.165) is 46.0 Å². The highest BCUT2D eigenvalue weighted by atomic mass is 16.5. The standard InChI is InChI=1S/C16H34N2O2/c1-5-15(3)18(9-12-19-4)14-16(13-17-6-2)7-10-20-11-8-16/h15,17H,5-14H2,1-4H3. The van der Waals surface area contributed by atoms with Gasteiger partial charge in [0.25, 0.3) is 0 Å². The van der Waals surface area contributed by atoms with Crippen molar-refractivity contribution in [1.29, 1.82) is 0 Å². The third-order valence-corrected chi connectivity index (χ3v) is 4.64. The van der Waals surface area contributed by atoms with Gasteiger partial charge in [-0.15, -0.1) is 0 Å². The minimum absolute atomic E-state index is 0.366. The number of hydrogen-bond donors (Lipinski definition) is 1. The SMILES string of the molecule is CCNCC1(CN(CCOC)C(C)CC)CCOCC1. The highest BCUT2D eigenvalue weighted by Crippen LogP contribution is 2.31. The van der Waals surface area contributed by atoms with Crippen molar-refractivity contribution in [2.45, 2.75) is 46.1 Å². The Morgan fingerprint density at radius 1 is 1.30 bits per heavy atom. The fraction of sp³-hybridized carbons (Fsp3) is 1.00. The second-order valence-corrected chi connectivity index (χ2v) is 6.11. The van der Waals surface area contributed by atoms with Crippen LogP contribution in [0.3, 0.4) is 0 Å². The summed E-state index contributed by atoms with van der Waals surface area (Å²) in [7, 11) is 1.79. The molecule has 0 radical (unpaired) electrons. The predicted octanol–water partition coefficient (Wildman–Crippen LogP) is 2.14. The van der Waals surface area contributed by atoms with Crippen LogP contribution in [-0.4, -0.2) is 64.1 Å². The Bertz CT molecular complexity index is 243. The first-order valence-corrected chi connectivity index (χ1v) is 8.19. The molecule has 1 N–H and O–H groups in total. The average Bonchev–Trinajstić information content (AvgIpc) is 2.49. The van der Waals surface area contributed by atoms with Crippen LogP contribution in [0.15, 0.2) is 0 Å². The van der Waals surface area contributed by atoms with Crippen LogP contribution in [0.5, 0.6) is 0 Å². The van der Waals surface area contributed by atoms with Crippen LogP contribution in [0.2, 0.25) is 0 Å². The Morgan fingerprint density at radius 3 is 2.55 bits per heavy atom. The molecule has 4 nitrogen and oxygen atoms in total. The van der Waals surface area contributed by atoms with Crippen LogP contribution in [0.1, 0.15) is 40.0 Å². The zero-order valence-electron chi connectivity index (χ0n) is 13.9. The molecule has 1 heterocycles. The highest BCUT2D eigenvalue weighted by Gasteiger charge is 2.34. The molecule has 0 saturated carbocycles. The van der Waals surface area contributed by atoms with Gasteiger partial charge in [0.1, 0.15) is 0 Å². The number of methoxy groups -OCH3 is 1. The molecular weight excluding hydrogens is 252 g/mol. The van der Waals surface area contributed by atoms with E-state index < -0.39 is 0 Å². The molecule has 1 aliphatic heterocycles. The lowest BCUT2D eigenvalue weighted by atomic mass is 9.79. The molecular formula is C16H34N2O2. The van der Waals surface area contributed by atoms with E-state index in [2.05, 4.69) is 31.0 Å². The van der Waals surface area contributed by atoms with Crippen molar-refractivity contribution < 1.29 is 9.47 Å². The molecule has 1 aliphatic rings. The number of rotatable bonds is 10. The first-order valence-electron chi connectivity index (χ1n) is 8.19. The summed E-state index contributed by atoms with van der Waals surface area (Å²) in [5.41, 5.74) is 0.366. The van der Waals surface area contributed by atoms with E-state index in [-0.39, 0.29) is 0 Å². The summed E-state index contributed by atoms with van der Waals surface area (Å²) in [6, 6.07) is 0.617. The Balaban J connectivity index is 2.66. The lowest BCUT2D eigenvalue weighted by Gasteiger charge is -2.43. The molecule has 1 atom stereocenters. The quantitative estimate of drug-likeness (QED) is 0.667. The van der Waals surface area contributed by atoms with Crippen molar-refractivity contribution in [3.63, 3.8) is 0 Å². The number of nitrogens with one attached hydrogen (secondary N) is 1. The Kier molecular flexibility index (Phi) is 8.69. The molecule has 0 aromatic heterocycles. The molecule has 0 amide bonds. The van der Waals surface area contributed by atoms with Gasteiger partial charge in [0.2, 0.25) is 0 Å². The fourth-order valence-corrected chi connectivity index (χ4v) is 2.94. The van der Waals surface area contributed by atoms with E-state index in [4.69, 9.17) is 9.47 Å². The Labute approximate surface area is 125 Å². The number of hydrogen-bond acceptors (Lipinski definition) is 4. The van der Waals surface area contributed by atoms with E-state index in [0.29, 0.717) is 11.5 Å². The van der Waals surface area contributed by atoms with Gasteiger partial charge in [-0.2, -0.15) is 0 Å². The van der Waals surface area contributed by atoms with Crippen LogP contribution in [0.4, 0.5) is 0 Å². The third-order valence-electron chi connectivity index (χ3n) is 4.64. The average molecular weight is 286 g/mol. The normalized spacial score (nSPS) is 20.2. The van der Waals surface area contributed by atoms with E-state index in [9.17, 15) is 0 Å². The van der Waals surface area contributed by atoms with E-state index in [1.165, 1.54) is 19.3 Å². The van der Waals surface area contributed by atoms with Gasteiger partial charge in [0.15, 0.2) is 0 Å². The molecule has 4 heteroatoms. The van der Waals surface area contributed by atoms with Gasteiger partial charge in [-0.1, -0.05) is 13.8 Å². The van der Waals surface area contributed by atoms with Crippen LogP contribution >= 0.6 is 0 Å². The molecule has 0 spiro atoms. The maximum Gasteiger partial charge on any atom is 0.0589 e. The van der Waals surface area contributed by atoms with Gasteiger partial charge in [-0.3, -0.25) is 4.90 Å². The summed E-state index contributed by atoms with van der Waals surface area (Å²) in [5, 5.41) is 3.56. The van der Waals surface area contributed by atoms with Gasteiger partial charge in [0, 0.05) is 46.0 Å². The summed E-state index contributed by atoms with van der Waals surface area (Å²) >= 11 is 0. The summed E-state index contributed by atoms with van der Waals surface area (Å²) in [4.78, 5) is 2.60. The molecule has 0 aromatic carbocycles. The van der Waals surface area contributed by atoms with Crippen LogP contribution in [-0.2, 0) is 9.47 Å². The van der Waals surface area contributed by atoms with Crippen molar-refractivity contribution >= 4 is 0 Å². The summed E-state index contributed by atoms with van der Waals surface area (Å²) in [5.74, 6) is 0. The monoisotopic (exact) mass is 286 g/mol. The molecule has 0 aliphatic carbocycles. The summed E-state index contributed by atoms with van der Waals surface area (Å²) < 4.78 is 10.9. The maximum absolute atomic E-state index is 5.58. The zero-order valence-corrected chi connectivity index (χ0v) is 13.9. The molecule has 1 rings (SSSR count). The molecule has 1 fully saturated rings. The Hall–Kier alpha value is -0.160. The summed E-state index contributed by atoms with van der Waals surface area (Å²) in [6.07, 6.45) is 3.53. The van der Waals surface area contributed by atoms with Gasteiger partial charge in [0.05, 0.1) is 6.61 Å². The first-order chi connectivity index (χ1) is 9.67. The van der Waals surface area contributed by atoms with Crippen molar-refractivity contribution in [1.82, 2.24) is 10.2 Å². The zero-order chi connectivity index (χ0) is 14.8. The largest absolute Gasteiger partial charge is 0.383 e. The number of nitrogens with zero attached hydrogens (tertiary/aromatic N) is 1. The van der Waals surface area contributed by atoms with Crippen LogP contribution < -0.4 is 5.32 Å². The van der Waals surface area contributed by atoms with Crippen molar-refractivity contribution in [2.75, 3.05) is 53.1 Å². The Morgan fingerprint density at radius 2 is 2.00 bits per heavy atom. The maximum atomic E-state index is 5.58. The third kappa shape index (κ3) is 5.68. The second kappa shape index (κ2) is 9.72. The minimum atomic E-state index is 0.366. The minimum Gasteiger partial charge on any atom is -0.383 e. The molecule has 120 valence electrons. The smallest absolute Gasteiger partial charge is 0.0589 e. The van der Waals surface area contributed by atoms with Gasteiger partial charge in [-0.25, -0.2) is 0 Å². The van der Waals surface area contributed by atoms with Gasteiger partial charge < -0.3 is 14.8 Å². The lowest BCUT2D eigenvalue weighted by Crippen LogP contribution is -2.50. The lowest BCUT2D eigenvalue weighted by molar-refractivity contribution is -0.0149. The molecule has 20 heavy (non-hydrogen) atoms. The second-order valence-electron chi connectivity index (χ2n) is 6.11. The van der Waals surface area contributed by atoms with E-state index in [1.54, 1.807) is 7.11 Å². The van der Waals surface area contributed by atoms with Crippen molar-refractivity contribution in [3.8, 4) is 0 Å². The van der Waals surface area contributed by atoms with Gasteiger partial charge >= 0.3 is 0 Å². The molecule has 1 saturated heterocycles.